The van der Waals surface area contributed by atoms with Gasteiger partial charge in [-0.25, -0.2) is 4.57 Å². The number of allylic oxidation sites excluding steroid dienone is 8. The summed E-state index contributed by atoms with van der Waals surface area (Å²) in [7, 11) is 1.45. The molecule has 0 aromatic rings. The summed E-state index contributed by atoms with van der Waals surface area (Å²) in [6.45, 7) is 4.21. The van der Waals surface area contributed by atoms with Crippen molar-refractivity contribution in [2.75, 3.05) is 47.5 Å². The molecule has 0 aliphatic heterocycles. The number of ether oxygens (including phenoxy) is 2. The van der Waals surface area contributed by atoms with Gasteiger partial charge in [0, 0.05) is 12.8 Å². The predicted octanol–water partition coefficient (Wildman–Crippen LogP) is 9.96. The van der Waals surface area contributed by atoms with Crippen LogP contribution in [0.1, 0.15) is 136 Å². The van der Waals surface area contributed by atoms with Crippen LogP contribution in [0.3, 0.4) is 0 Å². The summed E-state index contributed by atoms with van der Waals surface area (Å²) in [4.78, 5) is 35.1. The van der Waals surface area contributed by atoms with Crippen molar-refractivity contribution in [3.8, 4) is 0 Å². The van der Waals surface area contributed by atoms with E-state index in [0.29, 0.717) is 23.9 Å². The Morgan fingerprint density at radius 2 is 1.16 bits per heavy atom. The van der Waals surface area contributed by atoms with Crippen LogP contribution in [0.15, 0.2) is 48.6 Å². The summed E-state index contributed by atoms with van der Waals surface area (Å²) in [5.41, 5.74) is 0. The van der Waals surface area contributed by atoms with E-state index in [-0.39, 0.29) is 26.1 Å². The number of unbranched alkanes of at least 4 members (excludes halogenated alkanes) is 14. The normalized spacial score (nSPS) is 14.3. The Morgan fingerprint density at radius 3 is 1.73 bits per heavy atom. The van der Waals surface area contributed by atoms with E-state index in [1.165, 1.54) is 44.9 Å². The largest absolute Gasteiger partial charge is 0.472 e. The van der Waals surface area contributed by atoms with E-state index in [0.717, 1.165) is 51.4 Å². The first-order chi connectivity index (χ1) is 23.5. The van der Waals surface area contributed by atoms with Crippen LogP contribution in [0, 0.1) is 0 Å². The van der Waals surface area contributed by atoms with Crippen molar-refractivity contribution >= 4 is 19.8 Å². The number of hydrogen-bond donors (Lipinski definition) is 1. The van der Waals surface area contributed by atoms with E-state index in [1.807, 2.05) is 51.5 Å². The molecular weight excluding hydrogens is 641 g/mol. The van der Waals surface area contributed by atoms with Gasteiger partial charge in [0.15, 0.2) is 6.10 Å². The molecule has 1 unspecified atom stereocenters. The number of phosphoric ester groups is 1. The van der Waals surface area contributed by atoms with Crippen LogP contribution >= 0.6 is 7.82 Å². The number of nitrogens with zero attached hydrogens (tertiary/aromatic N) is 1. The van der Waals surface area contributed by atoms with E-state index in [1.54, 1.807) is 0 Å². The molecule has 0 aromatic heterocycles. The van der Waals surface area contributed by atoms with Crippen molar-refractivity contribution < 1.29 is 42.1 Å². The summed E-state index contributed by atoms with van der Waals surface area (Å²) in [6, 6.07) is 0. The van der Waals surface area contributed by atoms with Gasteiger partial charge in [-0.1, -0.05) is 140 Å². The van der Waals surface area contributed by atoms with Crippen LogP contribution in [0.5, 0.6) is 0 Å². The fourth-order valence-electron chi connectivity index (χ4n) is 4.73. The third-order valence-corrected chi connectivity index (χ3v) is 8.70. The van der Waals surface area contributed by atoms with Gasteiger partial charge in [0.25, 0.3) is 0 Å². The van der Waals surface area contributed by atoms with Crippen LogP contribution in [-0.2, 0) is 32.7 Å². The number of phosphoric acid groups is 1. The van der Waals surface area contributed by atoms with Crippen molar-refractivity contribution in [1.29, 1.82) is 0 Å². The first kappa shape index (κ1) is 47.0. The highest BCUT2D eigenvalue weighted by Crippen LogP contribution is 2.43. The zero-order valence-corrected chi connectivity index (χ0v) is 32.6. The van der Waals surface area contributed by atoms with E-state index in [2.05, 4.69) is 32.1 Å². The first-order valence-corrected chi connectivity index (χ1v) is 20.4. The van der Waals surface area contributed by atoms with Crippen molar-refractivity contribution in [2.24, 2.45) is 0 Å². The van der Waals surface area contributed by atoms with Gasteiger partial charge in [0.05, 0.1) is 27.7 Å². The van der Waals surface area contributed by atoms with Gasteiger partial charge in [-0.2, -0.15) is 0 Å². The minimum Gasteiger partial charge on any atom is -0.462 e. The number of likely N-dealkylation sites (N-methyl/N-ethyl adjacent to an activating group) is 1. The standard InChI is InChI=1S/C39H70NO8P/c1-6-8-10-12-14-16-18-19-20-21-22-24-25-27-29-31-38(41)45-35-37(36-47-49(43,44)46-34-33-40(3,4)5)48-39(42)32-30-28-26-23-17-15-13-11-9-7-2/h8,10,12,14,16,18-20,37H,6-7,9,11,13,15,17,21-36H2,1-5H3/p+1/b10-8+,14-12+,18-16+,20-19+/t37-/m0/s1. The van der Waals surface area contributed by atoms with Crippen molar-refractivity contribution in [1.82, 2.24) is 0 Å². The quantitative estimate of drug-likeness (QED) is 0.0236. The summed E-state index contributed by atoms with van der Waals surface area (Å²) >= 11 is 0. The second-order valence-electron chi connectivity index (χ2n) is 13.7. The maximum Gasteiger partial charge on any atom is 0.472 e. The van der Waals surface area contributed by atoms with Crippen LogP contribution in [0.25, 0.3) is 0 Å². The van der Waals surface area contributed by atoms with Gasteiger partial charge < -0.3 is 18.9 Å². The fraction of sp³-hybridized carbons (Fsp3) is 0.744. The molecule has 2 atom stereocenters. The van der Waals surface area contributed by atoms with Crippen molar-refractivity contribution in [3.63, 3.8) is 0 Å². The molecule has 0 aromatic carbocycles. The number of esters is 2. The molecule has 0 heterocycles. The molecule has 0 saturated carbocycles. The number of rotatable bonds is 33. The number of hydrogen-bond acceptors (Lipinski definition) is 7. The van der Waals surface area contributed by atoms with Crippen molar-refractivity contribution in [3.05, 3.63) is 48.6 Å². The zero-order chi connectivity index (χ0) is 36.5. The van der Waals surface area contributed by atoms with Gasteiger partial charge in [0.2, 0.25) is 0 Å². The highest BCUT2D eigenvalue weighted by atomic mass is 31.2. The van der Waals surface area contributed by atoms with E-state index < -0.39 is 32.5 Å². The average Bonchev–Trinajstić information content (AvgIpc) is 3.04. The summed E-state index contributed by atoms with van der Waals surface area (Å²) < 4.78 is 34.1. The fourth-order valence-corrected chi connectivity index (χ4v) is 5.47. The van der Waals surface area contributed by atoms with E-state index in [9.17, 15) is 19.0 Å². The molecule has 1 N–H and O–H groups in total. The summed E-state index contributed by atoms with van der Waals surface area (Å²) in [6.07, 6.45) is 34.4. The third-order valence-electron chi connectivity index (χ3n) is 7.72. The lowest BCUT2D eigenvalue weighted by atomic mass is 10.1. The predicted molar refractivity (Wildman–Crippen MR) is 201 cm³/mol. The Kier molecular flexibility index (Phi) is 30.6. The molecule has 0 amide bonds. The Hall–Kier alpha value is -2.03. The van der Waals surface area contributed by atoms with Gasteiger partial charge in [-0.3, -0.25) is 18.6 Å². The lowest BCUT2D eigenvalue weighted by Gasteiger charge is -2.24. The van der Waals surface area contributed by atoms with Crippen molar-refractivity contribution in [2.45, 2.75) is 142 Å². The lowest BCUT2D eigenvalue weighted by molar-refractivity contribution is -0.870. The molecule has 0 rings (SSSR count). The molecule has 0 bridgehead atoms. The minimum absolute atomic E-state index is 0.0265. The summed E-state index contributed by atoms with van der Waals surface area (Å²) in [5.74, 6) is -0.832. The van der Waals surface area contributed by atoms with Gasteiger partial charge in [0.1, 0.15) is 19.8 Å². The van der Waals surface area contributed by atoms with E-state index in [4.69, 9.17) is 18.5 Å². The Balaban J connectivity index is 4.48. The molecule has 49 heavy (non-hydrogen) atoms. The Labute approximate surface area is 299 Å². The third kappa shape index (κ3) is 35.6. The number of carbonyl (C=O) groups excluding carboxylic acids is 2. The summed E-state index contributed by atoms with van der Waals surface area (Å²) in [5, 5.41) is 0. The molecule has 0 spiro atoms. The highest BCUT2D eigenvalue weighted by Gasteiger charge is 2.27. The molecule has 0 aliphatic rings. The highest BCUT2D eigenvalue weighted by molar-refractivity contribution is 7.47. The maximum atomic E-state index is 12.6. The monoisotopic (exact) mass is 712 g/mol. The minimum atomic E-state index is -4.37. The molecule has 284 valence electrons. The van der Waals surface area contributed by atoms with Gasteiger partial charge in [-0.15, -0.1) is 0 Å². The lowest BCUT2D eigenvalue weighted by Crippen LogP contribution is -2.37. The molecule has 10 heteroatoms. The van der Waals surface area contributed by atoms with E-state index >= 15 is 0 Å². The Bertz CT molecular complexity index is 986. The molecule has 0 radical (unpaired) electrons. The van der Waals surface area contributed by atoms with Gasteiger partial charge in [-0.05, 0) is 32.1 Å². The topological polar surface area (TPSA) is 108 Å². The van der Waals surface area contributed by atoms with Gasteiger partial charge >= 0.3 is 19.8 Å². The average molecular weight is 713 g/mol. The number of quaternary nitrogens is 1. The molecular formula is C39H71NO8P+. The SMILES string of the molecule is CC/C=C/C=C/C=C/C=C/CCCCCCCC(=O)OC[C@@H](COP(=O)(O)OCC[N+](C)(C)C)OC(=O)CCCCCCCCCCCC. The second kappa shape index (κ2) is 31.9. The smallest absolute Gasteiger partial charge is 0.462 e. The Morgan fingerprint density at radius 1 is 0.653 bits per heavy atom. The molecule has 0 aliphatic carbocycles. The second-order valence-corrected chi connectivity index (χ2v) is 15.1. The first-order valence-electron chi connectivity index (χ1n) is 18.9. The van der Waals surface area contributed by atoms with Crippen LogP contribution in [0.2, 0.25) is 0 Å². The molecule has 0 fully saturated rings. The molecule has 0 saturated heterocycles. The molecule has 9 nitrogen and oxygen atoms in total. The van der Waals surface area contributed by atoms with Crippen LogP contribution in [-0.4, -0.2) is 74.9 Å². The zero-order valence-electron chi connectivity index (χ0n) is 31.7. The number of carbonyl (C=O) groups is 2. The maximum absolute atomic E-state index is 12.6. The van der Waals surface area contributed by atoms with Crippen LogP contribution in [0.4, 0.5) is 0 Å². The van der Waals surface area contributed by atoms with Crippen LogP contribution < -0.4 is 0 Å².